The van der Waals surface area contributed by atoms with E-state index in [0.29, 0.717) is 29.2 Å². The van der Waals surface area contributed by atoms with Gasteiger partial charge in [0.05, 0.1) is 37.1 Å². The van der Waals surface area contributed by atoms with E-state index in [1.807, 2.05) is 43.3 Å². The van der Waals surface area contributed by atoms with Crippen LogP contribution in [0.15, 0.2) is 42.6 Å². The van der Waals surface area contributed by atoms with Gasteiger partial charge < -0.3 is 15.2 Å². The molecular weight excluding hydrogens is 476 g/mol. The van der Waals surface area contributed by atoms with E-state index >= 15 is 0 Å². The number of nitrogens with two attached hydrogens (primary N) is 1. The molecule has 3 aromatic rings. The summed E-state index contributed by atoms with van der Waals surface area (Å²) in [6, 6.07) is 12.1. The van der Waals surface area contributed by atoms with Crippen LogP contribution in [0.5, 0.6) is 5.88 Å². The van der Waals surface area contributed by atoms with Crippen molar-refractivity contribution in [3.05, 3.63) is 58.9 Å². The highest BCUT2D eigenvalue weighted by Crippen LogP contribution is 2.38. The lowest BCUT2D eigenvalue weighted by atomic mass is 9.85. The summed E-state index contributed by atoms with van der Waals surface area (Å²) in [5.41, 5.74) is 11.9. The van der Waals surface area contributed by atoms with E-state index in [1.165, 1.54) is 7.11 Å². The van der Waals surface area contributed by atoms with E-state index in [-0.39, 0.29) is 11.9 Å². The van der Waals surface area contributed by atoms with E-state index in [4.69, 9.17) is 36.8 Å². The van der Waals surface area contributed by atoms with Gasteiger partial charge in [-0.2, -0.15) is 0 Å². The molecule has 2 N–H and O–H groups in total. The van der Waals surface area contributed by atoms with Gasteiger partial charge in [0.25, 0.3) is 0 Å². The number of aromatic nitrogens is 2. The molecule has 0 bridgehead atoms. The number of hydrogen-bond donors (Lipinski definition) is 1. The summed E-state index contributed by atoms with van der Waals surface area (Å²) in [6.07, 6.45) is 5.30. The number of halogens is 1. The van der Waals surface area contributed by atoms with Crippen molar-refractivity contribution < 1.29 is 14.3 Å². The SMILES string of the molecule is COC(=O)C1CCC(N(C)Cc2ncc(-c3cccc(-c4cccc(N)c4C)c3Cl)nc2OC)CC1. The minimum atomic E-state index is -0.104. The number of ether oxygens (including phenoxy) is 2. The predicted molar refractivity (Wildman–Crippen MR) is 143 cm³/mol. The van der Waals surface area contributed by atoms with Crippen LogP contribution in [0.3, 0.4) is 0 Å². The maximum atomic E-state index is 11.8. The fourth-order valence-electron chi connectivity index (χ4n) is 4.97. The number of carbonyl (C=O) groups is 1. The molecule has 1 fully saturated rings. The molecule has 0 aliphatic heterocycles. The summed E-state index contributed by atoms with van der Waals surface area (Å²) in [6.45, 7) is 2.59. The first-order chi connectivity index (χ1) is 17.3. The second-order valence-corrected chi connectivity index (χ2v) is 9.72. The van der Waals surface area contributed by atoms with Crippen LogP contribution in [0.25, 0.3) is 22.4 Å². The maximum Gasteiger partial charge on any atom is 0.308 e. The Labute approximate surface area is 217 Å². The first-order valence-corrected chi connectivity index (χ1v) is 12.5. The second-order valence-electron chi connectivity index (χ2n) is 9.34. The van der Waals surface area contributed by atoms with Gasteiger partial charge in [-0.25, -0.2) is 4.98 Å². The van der Waals surface area contributed by atoms with Gasteiger partial charge in [-0.3, -0.25) is 14.7 Å². The van der Waals surface area contributed by atoms with Crippen molar-refractivity contribution in [1.29, 1.82) is 0 Å². The van der Waals surface area contributed by atoms with Crippen LogP contribution in [0, 0.1) is 12.8 Å². The van der Waals surface area contributed by atoms with Crippen molar-refractivity contribution >= 4 is 23.3 Å². The first kappa shape index (κ1) is 25.9. The fourth-order valence-corrected chi connectivity index (χ4v) is 5.29. The topological polar surface area (TPSA) is 90.6 Å². The highest BCUT2D eigenvalue weighted by Gasteiger charge is 2.29. The number of anilines is 1. The molecule has 4 rings (SSSR count). The number of nitrogen functional groups attached to an aromatic ring is 1. The maximum absolute atomic E-state index is 11.8. The number of nitrogens with zero attached hydrogens (tertiary/aromatic N) is 3. The summed E-state index contributed by atoms with van der Waals surface area (Å²) in [7, 11) is 5.14. The Kier molecular flexibility index (Phi) is 8.11. The summed E-state index contributed by atoms with van der Waals surface area (Å²) in [4.78, 5) is 23.6. The van der Waals surface area contributed by atoms with Gasteiger partial charge in [-0.1, -0.05) is 41.9 Å². The Morgan fingerprint density at radius 2 is 1.75 bits per heavy atom. The molecule has 2 aromatic carbocycles. The van der Waals surface area contributed by atoms with Gasteiger partial charge in [-0.15, -0.1) is 0 Å². The molecular formula is C28H33ClN4O3. The monoisotopic (exact) mass is 508 g/mol. The minimum absolute atomic E-state index is 0.00453. The third kappa shape index (κ3) is 5.32. The summed E-state index contributed by atoms with van der Waals surface area (Å²) >= 11 is 6.88. The number of carbonyl (C=O) groups excluding carboxylic acids is 1. The molecule has 7 nitrogen and oxygen atoms in total. The van der Waals surface area contributed by atoms with Crippen molar-refractivity contribution in [2.45, 2.75) is 45.2 Å². The molecule has 1 aliphatic carbocycles. The first-order valence-electron chi connectivity index (χ1n) is 12.2. The van der Waals surface area contributed by atoms with Crippen LogP contribution in [0.4, 0.5) is 5.69 Å². The average molecular weight is 509 g/mol. The van der Waals surface area contributed by atoms with Gasteiger partial charge >= 0.3 is 5.97 Å². The zero-order chi connectivity index (χ0) is 25.8. The highest BCUT2D eigenvalue weighted by molar-refractivity contribution is 6.36. The summed E-state index contributed by atoms with van der Waals surface area (Å²) < 4.78 is 10.5. The molecule has 1 aliphatic rings. The molecule has 0 spiro atoms. The van der Waals surface area contributed by atoms with Crippen LogP contribution in [0.1, 0.15) is 36.9 Å². The zero-order valence-electron chi connectivity index (χ0n) is 21.3. The molecule has 1 aromatic heterocycles. The van der Waals surface area contributed by atoms with Gasteiger partial charge in [0, 0.05) is 29.4 Å². The Morgan fingerprint density at radius 1 is 1.08 bits per heavy atom. The molecule has 0 amide bonds. The third-order valence-electron chi connectivity index (χ3n) is 7.20. The summed E-state index contributed by atoms with van der Waals surface area (Å²) in [5, 5.41) is 0.592. The lowest BCUT2D eigenvalue weighted by Gasteiger charge is -2.33. The normalized spacial score (nSPS) is 17.7. The zero-order valence-corrected chi connectivity index (χ0v) is 22.0. The number of methoxy groups -OCH3 is 2. The number of benzene rings is 2. The Bertz CT molecular complexity index is 1240. The standard InChI is InChI=1S/C28H33ClN4O3/c1-17-20(7-6-10-23(17)30)21-8-5-9-22(26(21)29)24-15-31-25(27(32-24)35-3)16-33(2)19-13-11-18(12-14-19)28(34)36-4/h5-10,15,18-19H,11-14,16,30H2,1-4H3. The molecule has 1 saturated carbocycles. The number of rotatable bonds is 7. The molecule has 0 unspecified atom stereocenters. The van der Waals surface area contributed by atoms with Crippen LogP contribution < -0.4 is 10.5 Å². The Hall–Kier alpha value is -3.16. The average Bonchev–Trinajstić information content (AvgIpc) is 2.90. The van der Waals surface area contributed by atoms with Crippen molar-refractivity contribution in [2.75, 3.05) is 27.0 Å². The van der Waals surface area contributed by atoms with Crippen LogP contribution in [0.2, 0.25) is 5.02 Å². The van der Waals surface area contributed by atoms with E-state index in [1.54, 1.807) is 13.3 Å². The van der Waals surface area contributed by atoms with Crippen LogP contribution in [-0.4, -0.2) is 48.1 Å². The van der Waals surface area contributed by atoms with Gasteiger partial charge in [0.1, 0.15) is 5.69 Å². The lowest BCUT2D eigenvalue weighted by molar-refractivity contribution is -0.146. The van der Waals surface area contributed by atoms with Crippen LogP contribution >= 0.6 is 11.6 Å². The Morgan fingerprint density at radius 3 is 2.44 bits per heavy atom. The second kappa shape index (κ2) is 11.3. The Balaban J connectivity index is 1.55. The third-order valence-corrected chi connectivity index (χ3v) is 7.61. The van der Waals surface area contributed by atoms with E-state index < -0.39 is 0 Å². The lowest BCUT2D eigenvalue weighted by Crippen LogP contribution is -2.36. The van der Waals surface area contributed by atoms with Crippen molar-refractivity contribution in [3.63, 3.8) is 0 Å². The predicted octanol–water partition coefficient (Wildman–Crippen LogP) is 5.53. The minimum Gasteiger partial charge on any atom is -0.480 e. The number of esters is 1. The van der Waals surface area contributed by atoms with Gasteiger partial charge in [0.15, 0.2) is 0 Å². The van der Waals surface area contributed by atoms with Crippen molar-refractivity contribution in [3.8, 4) is 28.3 Å². The molecule has 0 radical (unpaired) electrons. The molecule has 190 valence electrons. The molecule has 8 heteroatoms. The molecule has 0 saturated heterocycles. The van der Waals surface area contributed by atoms with Crippen molar-refractivity contribution in [2.24, 2.45) is 5.92 Å². The molecule has 36 heavy (non-hydrogen) atoms. The van der Waals surface area contributed by atoms with E-state index in [2.05, 4.69) is 11.9 Å². The van der Waals surface area contributed by atoms with E-state index in [9.17, 15) is 4.79 Å². The molecule has 1 heterocycles. The fraction of sp³-hybridized carbons (Fsp3) is 0.393. The molecule has 0 atom stereocenters. The van der Waals surface area contributed by atoms with Gasteiger partial charge in [-0.05, 0) is 56.8 Å². The van der Waals surface area contributed by atoms with Crippen molar-refractivity contribution in [1.82, 2.24) is 14.9 Å². The van der Waals surface area contributed by atoms with Gasteiger partial charge in [0.2, 0.25) is 5.88 Å². The highest BCUT2D eigenvalue weighted by atomic mass is 35.5. The van der Waals surface area contributed by atoms with Crippen LogP contribution in [-0.2, 0) is 16.1 Å². The largest absolute Gasteiger partial charge is 0.480 e. The number of hydrogen-bond acceptors (Lipinski definition) is 7. The quantitative estimate of drug-likeness (QED) is 0.331. The van der Waals surface area contributed by atoms with E-state index in [0.717, 1.165) is 59.3 Å². The summed E-state index contributed by atoms with van der Waals surface area (Å²) in [5.74, 6) is 0.377. The smallest absolute Gasteiger partial charge is 0.308 e.